The molecule has 3 heteroatoms. The van der Waals surface area contributed by atoms with Gasteiger partial charge < -0.3 is 9.80 Å². The lowest BCUT2D eigenvalue weighted by Crippen LogP contribution is -2.32. The number of rotatable bonds is 9. The van der Waals surface area contributed by atoms with Crippen LogP contribution < -0.4 is 4.90 Å². The van der Waals surface area contributed by atoms with E-state index in [1.807, 2.05) is 11.8 Å². The predicted molar refractivity (Wildman–Crippen MR) is 111 cm³/mol. The molecule has 0 aromatic heterocycles. The maximum atomic E-state index is 12.4. The van der Waals surface area contributed by atoms with Crippen molar-refractivity contribution in [3.63, 3.8) is 0 Å². The fourth-order valence-corrected chi connectivity index (χ4v) is 3.31. The standard InChI is InChI=1S/C23H34N2O/c1-5-23(26)25(22-15-11-20(4)12-16-22)18-8-7-17-24(6-2)21-13-9-19(3)10-14-21/h9,11-16,19H,5-8,10,17-18H2,1-4H3. The molecule has 1 aromatic carbocycles. The summed E-state index contributed by atoms with van der Waals surface area (Å²) in [5.41, 5.74) is 3.59. The Bertz CT molecular complexity index is 630. The zero-order valence-electron chi connectivity index (χ0n) is 16.9. The number of anilines is 1. The average Bonchev–Trinajstić information content (AvgIpc) is 2.66. The van der Waals surface area contributed by atoms with Crippen molar-refractivity contribution in [1.29, 1.82) is 0 Å². The Balaban J connectivity index is 1.87. The van der Waals surface area contributed by atoms with Crippen molar-refractivity contribution >= 4 is 11.6 Å². The number of allylic oxidation sites excluding steroid dienone is 3. The minimum atomic E-state index is 0.202. The fourth-order valence-electron chi connectivity index (χ4n) is 3.31. The third-order valence-corrected chi connectivity index (χ3v) is 5.05. The molecule has 1 aliphatic carbocycles. The Kier molecular flexibility index (Phi) is 7.96. The van der Waals surface area contributed by atoms with E-state index in [1.165, 1.54) is 11.3 Å². The number of carbonyl (C=O) groups is 1. The molecule has 1 amide bonds. The van der Waals surface area contributed by atoms with Crippen LogP contribution in [0.4, 0.5) is 5.69 Å². The lowest BCUT2D eigenvalue weighted by molar-refractivity contribution is -0.118. The molecule has 0 saturated carbocycles. The summed E-state index contributed by atoms with van der Waals surface area (Å²) < 4.78 is 0. The largest absolute Gasteiger partial charge is 0.372 e. The van der Waals surface area contributed by atoms with E-state index in [9.17, 15) is 4.79 Å². The molecule has 0 heterocycles. The minimum Gasteiger partial charge on any atom is -0.372 e. The van der Waals surface area contributed by atoms with E-state index in [0.29, 0.717) is 12.3 Å². The van der Waals surface area contributed by atoms with Crippen molar-refractivity contribution in [3.8, 4) is 0 Å². The molecule has 2 rings (SSSR count). The zero-order valence-corrected chi connectivity index (χ0v) is 16.9. The Hall–Kier alpha value is -2.03. The molecule has 0 N–H and O–H groups in total. The highest BCUT2D eigenvalue weighted by atomic mass is 16.2. The monoisotopic (exact) mass is 354 g/mol. The second-order valence-corrected chi connectivity index (χ2v) is 7.22. The van der Waals surface area contributed by atoms with E-state index >= 15 is 0 Å². The third-order valence-electron chi connectivity index (χ3n) is 5.05. The molecule has 1 aromatic rings. The van der Waals surface area contributed by atoms with E-state index in [-0.39, 0.29) is 5.91 Å². The first kappa shape index (κ1) is 20.3. The highest BCUT2D eigenvalue weighted by Crippen LogP contribution is 2.20. The van der Waals surface area contributed by atoms with Crippen LogP contribution in [0.15, 0.2) is 48.2 Å². The van der Waals surface area contributed by atoms with Gasteiger partial charge in [0.2, 0.25) is 5.91 Å². The van der Waals surface area contributed by atoms with E-state index in [2.05, 4.69) is 68.2 Å². The first-order valence-corrected chi connectivity index (χ1v) is 10.1. The maximum absolute atomic E-state index is 12.4. The number of hydrogen-bond donors (Lipinski definition) is 0. The van der Waals surface area contributed by atoms with Crippen molar-refractivity contribution in [2.75, 3.05) is 24.5 Å². The van der Waals surface area contributed by atoms with Gasteiger partial charge in [0.25, 0.3) is 0 Å². The molecule has 26 heavy (non-hydrogen) atoms. The summed E-state index contributed by atoms with van der Waals surface area (Å²) in [4.78, 5) is 16.7. The molecule has 1 atom stereocenters. The van der Waals surface area contributed by atoms with Gasteiger partial charge in [0.1, 0.15) is 0 Å². The minimum absolute atomic E-state index is 0.202. The Morgan fingerprint density at radius 2 is 1.81 bits per heavy atom. The molecule has 0 fully saturated rings. The van der Waals surface area contributed by atoms with Gasteiger partial charge in [0.15, 0.2) is 0 Å². The number of likely N-dealkylation sites (N-methyl/N-ethyl adjacent to an activating group) is 1. The van der Waals surface area contributed by atoms with Crippen molar-refractivity contribution in [1.82, 2.24) is 4.90 Å². The van der Waals surface area contributed by atoms with Crippen molar-refractivity contribution in [3.05, 3.63) is 53.8 Å². The number of carbonyl (C=O) groups excluding carboxylic acids is 1. The smallest absolute Gasteiger partial charge is 0.226 e. The molecule has 142 valence electrons. The first-order valence-electron chi connectivity index (χ1n) is 10.1. The Morgan fingerprint density at radius 1 is 1.12 bits per heavy atom. The van der Waals surface area contributed by atoms with E-state index in [1.54, 1.807) is 0 Å². The van der Waals surface area contributed by atoms with Gasteiger partial charge in [-0.15, -0.1) is 0 Å². The summed E-state index contributed by atoms with van der Waals surface area (Å²) in [6, 6.07) is 8.26. The molecule has 0 spiro atoms. The molecule has 3 nitrogen and oxygen atoms in total. The second kappa shape index (κ2) is 10.2. The lowest BCUT2D eigenvalue weighted by Gasteiger charge is -2.27. The summed E-state index contributed by atoms with van der Waals surface area (Å²) in [6.07, 6.45) is 10.7. The average molecular weight is 355 g/mol. The van der Waals surface area contributed by atoms with Gasteiger partial charge in [-0.3, -0.25) is 4.79 Å². The highest BCUT2D eigenvalue weighted by Gasteiger charge is 2.14. The molecule has 0 radical (unpaired) electrons. The van der Waals surface area contributed by atoms with E-state index in [4.69, 9.17) is 0 Å². The fraction of sp³-hybridized carbons (Fsp3) is 0.522. The summed E-state index contributed by atoms with van der Waals surface area (Å²) in [6.45, 7) is 11.3. The van der Waals surface area contributed by atoms with Crippen molar-refractivity contribution < 1.29 is 4.79 Å². The highest BCUT2D eigenvalue weighted by molar-refractivity contribution is 5.93. The number of benzene rings is 1. The van der Waals surface area contributed by atoms with Crippen LogP contribution in [0.2, 0.25) is 0 Å². The van der Waals surface area contributed by atoms with Gasteiger partial charge in [0, 0.05) is 37.4 Å². The molecular weight excluding hydrogens is 320 g/mol. The topological polar surface area (TPSA) is 23.6 Å². The van der Waals surface area contributed by atoms with Crippen molar-refractivity contribution in [2.45, 2.75) is 53.4 Å². The van der Waals surface area contributed by atoms with Crippen LogP contribution in [0.3, 0.4) is 0 Å². The summed E-state index contributed by atoms with van der Waals surface area (Å²) in [7, 11) is 0. The SMILES string of the molecule is CCC(=O)N(CCCCN(CC)C1=CCC(C)C=C1)c1ccc(C)cc1. The Morgan fingerprint density at radius 3 is 2.38 bits per heavy atom. The number of amides is 1. The molecule has 0 saturated heterocycles. The van der Waals surface area contributed by atoms with Crippen LogP contribution in [-0.2, 0) is 4.79 Å². The van der Waals surface area contributed by atoms with Crippen molar-refractivity contribution in [2.24, 2.45) is 5.92 Å². The molecule has 1 unspecified atom stereocenters. The zero-order chi connectivity index (χ0) is 18.9. The van der Waals surface area contributed by atoms with Gasteiger partial charge in [-0.1, -0.05) is 43.7 Å². The quantitative estimate of drug-likeness (QED) is 0.560. The van der Waals surface area contributed by atoms with E-state index < -0.39 is 0 Å². The molecule has 0 bridgehead atoms. The number of nitrogens with zero attached hydrogens (tertiary/aromatic N) is 2. The molecular formula is C23H34N2O. The van der Waals surface area contributed by atoms with E-state index in [0.717, 1.165) is 44.6 Å². The summed E-state index contributed by atoms with van der Waals surface area (Å²) >= 11 is 0. The number of unbranched alkanes of at least 4 members (excludes halogenated alkanes) is 1. The van der Waals surface area contributed by atoms with Crippen LogP contribution in [0, 0.1) is 12.8 Å². The lowest BCUT2D eigenvalue weighted by atomic mass is 10.0. The van der Waals surface area contributed by atoms with Crippen LogP contribution >= 0.6 is 0 Å². The number of hydrogen-bond acceptors (Lipinski definition) is 2. The summed E-state index contributed by atoms with van der Waals surface area (Å²) in [5, 5.41) is 0. The van der Waals surface area contributed by atoms with Gasteiger partial charge in [-0.05, 0) is 57.2 Å². The predicted octanol–water partition coefficient (Wildman–Crippen LogP) is 5.32. The second-order valence-electron chi connectivity index (χ2n) is 7.22. The third kappa shape index (κ3) is 5.76. The van der Waals surface area contributed by atoms with Crippen LogP contribution in [0.5, 0.6) is 0 Å². The normalized spacial score (nSPS) is 16.3. The maximum Gasteiger partial charge on any atom is 0.226 e. The van der Waals surface area contributed by atoms with Gasteiger partial charge in [0.05, 0.1) is 0 Å². The molecule has 1 aliphatic rings. The Labute approximate surface area is 159 Å². The molecule has 0 aliphatic heterocycles. The van der Waals surface area contributed by atoms with Gasteiger partial charge in [-0.2, -0.15) is 0 Å². The summed E-state index contributed by atoms with van der Waals surface area (Å²) in [5.74, 6) is 0.855. The van der Waals surface area contributed by atoms with Crippen LogP contribution in [-0.4, -0.2) is 30.4 Å². The number of aryl methyl sites for hydroxylation is 1. The van der Waals surface area contributed by atoms with Gasteiger partial charge >= 0.3 is 0 Å². The van der Waals surface area contributed by atoms with Crippen LogP contribution in [0.25, 0.3) is 0 Å². The first-order chi connectivity index (χ1) is 12.5. The van der Waals surface area contributed by atoms with Gasteiger partial charge in [-0.25, -0.2) is 0 Å². The van der Waals surface area contributed by atoms with Crippen LogP contribution in [0.1, 0.15) is 52.0 Å².